The Kier molecular flexibility index (Phi) is 9.61. The number of carbonyl (C=O) groups is 3. The zero-order valence-corrected chi connectivity index (χ0v) is 23.1. The van der Waals surface area contributed by atoms with Gasteiger partial charge in [0.05, 0.1) is 12.2 Å². The zero-order valence-electron chi connectivity index (χ0n) is 22.3. The molecule has 0 unspecified atom stereocenters. The van der Waals surface area contributed by atoms with Crippen molar-refractivity contribution in [2.75, 3.05) is 11.4 Å². The van der Waals surface area contributed by atoms with Gasteiger partial charge in [-0.15, -0.1) is 0 Å². The zero-order chi connectivity index (χ0) is 31.3. The Morgan fingerprint density at radius 1 is 0.837 bits per heavy atom. The molecule has 0 saturated carbocycles. The van der Waals surface area contributed by atoms with Crippen molar-refractivity contribution in [1.29, 1.82) is 0 Å². The van der Waals surface area contributed by atoms with Crippen LogP contribution in [-0.2, 0) is 31.0 Å². The van der Waals surface area contributed by atoms with Crippen molar-refractivity contribution in [1.82, 2.24) is 5.32 Å². The molecule has 0 radical (unpaired) electrons. The highest BCUT2D eigenvalue weighted by atomic mass is 32.2. The molecule has 4 rings (SSSR count). The van der Waals surface area contributed by atoms with Crippen molar-refractivity contribution in [3.8, 4) is 5.75 Å². The van der Waals surface area contributed by atoms with Gasteiger partial charge >= 0.3 is 16.1 Å². The van der Waals surface area contributed by atoms with E-state index >= 15 is 0 Å². The first kappa shape index (κ1) is 31.4. The average molecular weight is 621 g/mol. The van der Waals surface area contributed by atoms with E-state index in [1.807, 2.05) is 60.7 Å². The monoisotopic (exact) mass is 620 g/mol. The molecule has 1 heterocycles. The van der Waals surface area contributed by atoms with E-state index < -0.39 is 62.3 Å². The van der Waals surface area contributed by atoms with Gasteiger partial charge in [-0.1, -0.05) is 54.6 Å². The van der Waals surface area contributed by atoms with Crippen molar-refractivity contribution in [2.24, 2.45) is 0 Å². The number of carbonyl (C=O) groups excluding carboxylic acids is 3. The molecular weight excluding hydrogens is 596 g/mol. The van der Waals surface area contributed by atoms with Crippen LogP contribution in [0.3, 0.4) is 0 Å². The molecule has 0 spiro atoms. The van der Waals surface area contributed by atoms with Crippen LogP contribution < -0.4 is 15.0 Å². The van der Waals surface area contributed by atoms with Gasteiger partial charge in [0.2, 0.25) is 29.2 Å². The maximum atomic E-state index is 14.0. The van der Waals surface area contributed by atoms with E-state index in [2.05, 4.69) is 10.1 Å². The lowest BCUT2D eigenvalue weighted by atomic mass is 10.0. The minimum atomic E-state index is -5.67. The molecule has 226 valence electrons. The Bertz CT molecular complexity index is 1700. The van der Waals surface area contributed by atoms with Crippen LogP contribution in [0, 0.1) is 23.3 Å². The topological polar surface area (TPSA) is 130 Å². The van der Waals surface area contributed by atoms with E-state index in [1.54, 1.807) is 4.90 Å². The summed E-state index contributed by atoms with van der Waals surface area (Å²) in [5.74, 6) is -13.6. The van der Waals surface area contributed by atoms with Crippen molar-refractivity contribution in [3.63, 3.8) is 0 Å². The fourth-order valence-electron chi connectivity index (χ4n) is 4.37. The van der Waals surface area contributed by atoms with Crippen molar-refractivity contribution in [3.05, 3.63) is 88.5 Å². The lowest BCUT2D eigenvalue weighted by Crippen LogP contribution is -2.35. The molecular formula is C29H24F4N2O7S. The van der Waals surface area contributed by atoms with Crippen LogP contribution >= 0.6 is 0 Å². The quantitative estimate of drug-likeness (QED) is 0.116. The van der Waals surface area contributed by atoms with Gasteiger partial charge in [-0.25, -0.2) is 8.78 Å². The molecule has 2 N–H and O–H groups in total. The van der Waals surface area contributed by atoms with Gasteiger partial charge in [-0.05, 0) is 29.2 Å². The maximum absolute atomic E-state index is 14.0. The van der Waals surface area contributed by atoms with Gasteiger partial charge < -0.3 is 15.0 Å². The molecule has 0 atom stereocenters. The molecule has 1 aliphatic rings. The number of nitrogens with zero attached hydrogens (tertiary/aromatic N) is 1. The third-order valence-electron chi connectivity index (χ3n) is 6.46. The van der Waals surface area contributed by atoms with Crippen LogP contribution in [0.5, 0.6) is 5.75 Å². The molecule has 0 saturated heterocycles. The highest BCUT2D eigenvalue weighted by Crippen LogP contribution is 2.33. The smallest absolute Gasteiger partial charge is 0.311 e. The van der Waals surface area contributed by atoms with Gasteiger partial charge in [0, 0.05) is 25.8 Å². The third kappa shape index (κ3) is 7.27. The number of fused-ring (bicyclic) bond motifs is 2. The average Bonchev–Trinajstić information content (AvgIpc) is 2.95. The highest BCUT2D eigenvalue weighted by molar-refractivity contribution is 7.85. The Balaban J connectivity index is 1.29. The van der Waals surface area contributed by atoms with E-state index in [1.165, 1.54) is 0 Å². The van der Waals surface area contributed by atoms with Gasteiger partial charge in [0.1, 0.15) is 0 Å². The largest absolute Gasteiger partial charge is 0.420 e. The minimum absolute atomic E-state index is 0.0205. The Morgan fingerprint density at radius 2 is 1.44 bits per heavy atom. The molecule has 0 fully saturated rings. The first-order valence-electron chi connectivity index (χ1n) is 12.8. The number of para-hydroxylation sites is 1. The predicted octanol–water partition coefficient (Wildman–Crippen LogP) is 4.79. The second-order valence-corrected chi connectivity index (χ2v) is 10.7. The number of halogens is 4. The lowest BCUT2D eigenvalue weighted by molar-refractivity contribution is -0.135. The molecule has 43 heavy (non-hydrogen) atoms. The van der Waals surface area contributed by atoms with E-state index in [0.29, 0.717) is 12.2 Å². The molecule has 3 aromatic carbocycles. The van der Waals surface area contributed by atoms with Gasteiger partial charge in [-0.3, -0.25) is 18.9 Å². The number of esters is 1. The molecule has 2 amide bonds. The molecule has 14 heteroatoms. The second-order valence-electron chi connectivity index (χ2n) is 9.39. The van der Waals surface area contributed by atoms with Crippen LogP contribution in [0.25, 0.3) is 12.2 Å². The number of hydrogen-bond acceptors (Lipinski definition) is 6. The summed E-state index contributed by atoms with van der Waals surface area (Å²) in [6.07, 6.45) is 2.80. The summed E-state index contributed by atoms with van der Waals surface area (Å²) in [4.78, 5) is 36.8. The van der Waals surface area contributed by atoms with Gasteiger partial charge in [0.25, 0.3) is 0 Å². The number of nitrogens with one attached hydrogen (secondary N) is 1. The second kappa shape index (κ2) is 13.2. The minimum Gasteiger partial charge on any atom is -0.420 e. The number of anilines is 1. The van der Waals surface area contributed by atoms with Gasteiger partial charge in [-0.2, -0.15) is 17.2 Å². The number of benzene rings is 3. The summed E-state index contributed by atoms with van der Waals surface area (Å²) in [5.41, 5.74) is 3.47. The van der Waals surface area contributed by atoms with Crippen molar-refractivity contribution >= 4 is 45.7 Å². The number of ether oxygens (including phenoxy) is 1. The standard InChI is InChI=1S/C29H24F4N2O7S/c30-24-26(32)29(43(39,40)41)27(33)25(31)28(24)42-23(38)11-5-10-21(36)34-15-14-22(37)35-16-19-8-2-1-6-17(19)12-13-18-7-3-4-9-20(18)35/h1-4,6-9,12-13H,5,10-11,14-16H2,(H,34,36)(H,39,40,41)/b13-12-. The summed E-state index contributed by atoms with van der Waals surface area (Å²) in [5, 5.41) is 2.55. The molecule has 9 nitrogen and oxygen atoms in total. The fraction of sp³-hybridized carbons (Fsp3) is 0.207. The highest BCUT2D eigenvalue weighted by Gasteiger charge is 2.34. The van der Waals surface area contributed by atoms with Crippen molar-refractivity contribution < 1.29 is 49.7 Å². The van der Waals surface area contributed by atoms with Crippen LogP contribution in [0.2, 0.25) is 0 Å². The number of rotatable bonds is 9. The van der Waals surface area contributed by atoms with Crippen LogP contribution in [0.15, 0.2) is 53.4 Å². The Hall–Kier alpha value is -4.56. The predicted molar refractivity (Wildman–Crippen MR) is 146 cm³/mol. The summed E-state index contributed by atoms with van der Waals surface area (Å²) in [7, 11) is -5.67. The van der Waals surface area contributed by atoms with Crippen LogP contribution in [0.1, 0.15) is 42.4 Å². The molecule has 1 aliphatic heterocycles. The first-order valence-corrected chi connectivity index (χ1v) is 14.3. The van der Waals surface area contributed by atoms with Gasteiger partial charge in [0.15, 0.2) is 16.5 Å². The fourth-order valence-corrected chi connectivity index (χ4v) is 5.00. The SMILES string of the molecule is O=C(CCCC(=O)Oc1c(F)c(F)c(S(=O)(=O)O)c(F)c1F)NCCC(=O)N1Cc2ccccc2/C=C\c2ccccc21. The van der Waals surface area contributed by atoms with E-state index in [0.717, 1.165) is 16.7 Å². The Morgan fingerprint density at radius 3 is 2.12 bits per heavy atom. The molecule has 0 bridgehead atoms. The summed E-state index contributed by atoms with van der Waals surface area (Å²) in [6.45, 7) is 0.299. The van der Waals surface area contributed by atoms with Crippen LogP contribution in [-0.4, -0.2) is 37.3 Å². The van der Waals surface area contributed by atoms with Crippen molar-refractivity contribution in [2.45, 2.75) is 37.1 Å². The summed E-state index contributed by atoms with van der Waals surface area (Å²) < 4.78 is 91.0. The Labute approximate surface area is 243 Å². The summed E-state index contributed by atoms with van der Waals surface area (Å²) in [6, 6.07) is 15.0. The van der Waals surface area contributed by atoms with E-state index in [4.69, 9.17) is 4.55 Å². The normalized spacial score (nSPS) is 13.3. The third-order valence-corrected chi connectivity index (χ3v) is 7.33. The van der Waals surface area contributed by atoms with Crippen LogP contribution in [0.4, 0.5) is 23.2 Å². The molecule has 0 aliphatic carbocycles. The number of hydrogen-bond donors (Lipinski definition) is 2. The summed E-state index contributed by atoms with van der Waals surface area (Å²) >= 11 is 0. The molecule has 0 aromatic heterocycles. The number of amides is 2. The molecule has 3 aromatic rings. The van der Waals surface area contributed by atoms with E-state index in [-0.39, 0.29) is 31.7 Å². The van der Waals surface area contributed by atoms with E-state index in [9.17, 15) is 40.4 Å². The lowest BCUT2D eigenvalue weighted by Gasteiger charge is -2.27. The maximum Gasteiger partial charge on any atom is 0.311 e. The first-order chi connectivity index (χ1) is 20.4.